The van der Waals surface area contributed by atoms with E-state index in [9.17, 15) is 0 Å². The van der Waals surface area contributed by atoms with Crippen LogP contribution in [0.25, 0.3) is 16.9 Å². The quantitative estimate of drug-likeness (QED) is 0.340. The van der Waals surface area contributed by atoms with Crippen molar-refractivity contribution in [2.45, 2.75) is 0 Å². The Hall–Kier alpha value is -4.32. The molecule has 174 valence electrons. The highest BCUT2D eigenvalue weighted by Crippen LogP contribution is 2.41. The minimum Gasteiger partial charge on any atom is -0.493 e. The lowest BCUT2D eigenvalue weighted by atomic mass is 10.2. The molecule has 0 atom stereocenters. The molecule has 0 unspecified atom stereocenters. The second-order valence-corrected chi connectivity index (χ2v) is 7.95. The summed E-state index contributed by atoms with van der Waals surface area (Å²) in [6, 6.07) is 7.46. The van der Waals surface area contributed by atoms with Gasteiger partial charge in [-0.2, -0.15) is 26.4 Å². The van der Waals surface area contributed by atoms with E-state index in [0.29, 0.717) is 45.9 Å². The fourth-order valence-electron chi connectivity index (χ4n) is 3.53. The smallest absolute Gasteiger partial charge is 0.232 e. The Bertz CT molecular complexity index is 1420. The zero-order valence-electron chi connectivity index (χ0n) is 18.9. The first kappa shape index (κ1) is 21.5. The first-order chi connectivity index (χ1) is 16.6. The van der Waals surface area contributed by atoms with Crippen LogP contribution in [-0.4, -0.2) is 50.6 Å². The second kappa shape index (κ2) is 8.90. The van der Waals surface area contributed by atoms with E-state index in [4.69, 9.17) is 24.2 Å². The number of rotatable bonds is 8. The minimum absolute atomic E-state index is 0.392. The van der Waals surface area contributed by atoms with E-state index in [1.165, 1.54) is 0 Å². The van der Waals surface area contributed by atoms with Gasteiger partial charge in [-0.15, -0.1) is 0 Å². The second-order valence-electron chi connectivity index (χ2n) is 7.17. The zero-order chi connectivity index (χ0) is 23.7. The Morgan fingerprint density at radius 1 is 0.971 bits per heavy atom. The maximum absolute atomic E-state index is 5.49. The summed E-state index contributed by atoms with van der Waals surface area (Å²) in [5.41, 5.74) is 2.91. The van der Waals surface area contributed by atoms with Gasteiger partial charge in [0.1, 0.15) is 12.1 Å². The molecule has 1 aromatic carbocycles. The average molecular weight is 479 g/mol. The lowest BCUT2D eigenvalue weighted by Gasteiger charge is -2.15. The van der Waals surface area contributed by atoms with E-state index in [0.717, 1.165) is 11.5 Å². The van der Waals surface area contributed by atoms with Crippen LogP contribution in [-0.2, 0) is 7.05 Å². The molecule has 0 aliphatic rings. The van der Waals surface area contributed by atoms with Gasteiger partial charge in [0, 0.05) is 36.3 Å². The van der Waals surface area contributed by atoms with Crippen molar-refractivity contribution in [1.29, 1.82) is 0 Å². The third-order valence-corrected chi connectivity index (χ3v) is 5.84. The molecule has 11 nitrogen and oxygen atoms in total. The van der Waals surface area contributed by atoms with Gasteiger partial charge in [-0.1, -0.05) is 0 Å². The number of methoxy groups -OCH3 is 3. The fraction of sp³-hybridized carbons (Fsp3) is 0.182. The summed E-state index contributed by atoms with van der Waals surface area (Å²) in [6.07, 6.45) is 3.43. The Balaban J connectivity index is 1.63. The van der Waals surface area contributed by atoms with E-state index in [1.807, 2.05) is 34.5 Å². The lowest BCUT2D eigenvalue weighted by Crippen LogP contribution is -2.06. The molecule has 5 aromatic rings. The van der Waals surface area contributed by atoms with E-state index in [-0.39, 0.29) is 0 Å². The van der Waals surface area contributed by atoms with E-state index >= 15 is 0 Å². The molecule has 12 heteroatoms. The number of nitrogens with zero attached hydrogens (tertiary/aromatic N) is 6. The summed E-state index contributed by atoms with van der Waals surface area (Å²) in [5, 5.41) is 14.8. The van der Waals surface area contributed by atoms with Crippen molar-refractivity contribution in [3.8, 4) is 22.9 Å². The van der Waals surface area contributed by atoms with Crippen LogP contribution in [0, 0.1) is 0 Å². The molecule has 0 aliphatic carbocycles. The van der Waals surface area contributed by atoms with Crippen LogP contribution in [0.4, 0.5) is 23.3 Å². The van der Waals surface area contributed by atoms with Gasteiger partial charge in [0.15, 0.2) is 28.5 Å². The molecule has 0 spiro atoms. The van der Waals surface area contributed by atoms with Crippen LogP contribution in [0.3, 0.4) is 0 Å². The Morgan fingerprint density at radius 2 is 1.76 bits per heavy atom. The van der Waals surface area contributed by atoms with Gasteiger partial charge in [-0.25, -0.2) is 4.98 Å². The van der Waals surface area contributed by atoms with Crippen LogP contribution >= 0.6 is 11.3 Å². The number of aromatic nitrogens is 6. The van der Waals surface area contributed by atoms with Gasteiger partial charge in [0.25, 0.3) is 0 Å². The molecule has 0 radical (unpaired) electrons. The molecule has 34 heavy (non-hydrogen) atoms. The number of thiophene rings is 1. The zero-order valence-corrected chi connectivity index (χ0v) is 19.8. The average Bonchev–Trinajstić information content (AvgIpc) is 3.60. The fourth-order valence-corrected chi connectivity index (χ4v) is 4.16. The van der Waals surface area contributed by atoms with Crippen LogP contribution < -0.4 is 24.8 Å². The van der Waals surface area contributed by atoms with Crippen molar-refractivity contribution >= 4 is 45.8 Å². The largest absolute Gasteiger partial charge is 0.493 e. The Kier molecular flexibility index (Phi) is 5.64. The standard InChI is InChI=1S/C22H22N8O3S/c1-29-17(5-7-24-29)26-22-27-20(18-21(28-22)30(12-23-18)14-6-8-34-11-14)25-13-9-15(31-2)19(33-4)16(10-13)32-3/h5-12H,1-4H3,(H2,25,26,27,28). The van der Waals surface area contributed by atoms with Crippen molar-refractivity contribution in [2.24, 2.45) is 7.05 Å². The number of nitrogens with one attached hydrogen (secondary N) is 2. The number of benzene rings is 1. The van der Waals surface area contributed by atoms with Gasteiger partial charge in [0.2, 0.25) is 11.7 Å². The number of anilines is 4. The third-order valence-electron chi connectivity index (χ3n) is 5.17. The molecule has 4 aromatic heterocycles. The van der Waals surface area contributed by atoms with Crippen molar-refractivity contribution in [3.63, 3.8) is 0 Å². The van der Waals surface area contributed by atoms with E-state index < -0.39 is 0 Å². The van der Waals surface area contributed by atoms with Gasteiger partial charge in [-0.05, 0) is 11.4 Å². The molecule has 0 fully saturated rings. The summed E-state index contributed by atoms with van der Waals surface area (Å²) in [5.74, 6) is 3.20. The Morgan fingerprint density at radius 3 is 2.38 bits per heavy atom. The predicted molar refractivity (Wildman–Crippen MR) is 130 cm³/mol. The molecule has 0 amide bonds. The summed E-state index contributed by atoms with van der Waals surface area (Å²) in [7, 11) is 6.55. The van der Waals surface area contributed by atoms with Crippen LogP contribution in [0.15, 0.2) is 47.5 Å². The van der Waals surface area contributed by atoms with Crippen molar-refractivity contribution in [2.75, 3.05) is 32.0 Å². The molecule has 2 N–H and O–H groups in total. The third kappa shape index (κ3) is 3.83. The van der Waals surface area contributed by atoms with Crippen LogP contribution in [0.2, 0.25) is 0 Å². The highest BCUT2D eigenvalue weighted by molar-refractivity contribution is 7.08. The van der Waals surface area contributed by atoms with Crippen LogP contribution in [0.5, 0.6) is 17.2 Å². The number of hydrogen-bond acceptors (Lipinski definition) is 10. The number of ether oxygens (including phenoxy) is 3. The van der Waals surface area contributed by atoms with Gasteiger partial charge in [-0.3, -0.25) is 9.25 Å². The molecular weight excluding hydrogens is 456 g/mol. The highest BCUT2D eigenvalue weighted by Gasteiger charge is 2.18. The monoisotopic (exact) mass is 478 g/mol. The summed E-state index contributed by atoms with van der Waals surface area (Å²) in [4.78, 5) is 14.0. The van der Waals surface area contributed by atoms with Gasteiger partial charge in [0.05, 0.1) is 33.2 Å². The summed E-state index contributed by atoms with van der Waals surface area (Å²) in [6.45, 7) is 0. The number of fused-ring (bicyclic) bond motifs is 1. The first-order valence-corrected chi connectivity index (χ1v) is 11.1. The van der Waals surface area contributed by atoms with Crippen LogP contribution in [0.1, 0.15) is 0 Å². The molecule has 5 rings (SSSR count). The van der Waals surface area contributed by atoms with Gasteiger partial charge < -0.3 is 24.8 Å². The first-order valence-electron chi connectivity index (χ1n) is 10.2. The highest BCUT2D eigenvalue weighted by atomic mass is 32.1. The normalized spacial score (nSPS) is 10.9. The maximum atomic E-state index is 5.49. The minimum atomic E-state index is 0.392. The van der Waals surface area contributed by atoms with Gasteiger partial charge >= 0.3 is 0 Å². The molecule has 0 aliphatic heterocycles. The Labute approximate surface area is 199 Å². The van der Waals surface area contributed by atoms with E-state index in [2.05, 4.69) is 20.7 Å². The van der Waals surface area contributed by atoms with E-state index in [1.54, 1.807) is 62.0 Å². The molecule has 4 heterocycles. The summed E-state index contributed by atoms with van der Waals surface area (Å²) < 4.78 is 20.0. The maximum Gasteiger partial charge on any atom is 0.232 e. The van der Waals surface area contributed by atoms with Crippen molar-refractivity contribution < 1.29 is 14.2 Å². The summed E-state index contributed by atoms with van der Waals surface area (Å²) >= 11 is 1.60. The molecule has 0 bridgehead atoms. The number of imidazole rings is 1. The van der Waals surface area contributed by atoms with Crippen molar-refractivity contribution in [3.05, 3.63) is 47.5 Å². The molecule has 0 saturated heterocycles. The molecule has 0 saturated carbocycles. The number of hydrogen-bond donors (Lipinski definition) is 2. The topological polar surface area (TPSA) is 113 Å². The number of aryl methyl sites for hydroxylation is 1. The molecular formula is C22H22N8O3S. The SMILES string of the molecule is COc1cc(Nc2nc(Nc3ccnn3C)nc3c2ncn3-c2ccsc2)cc(OC)c1OC. The predicted octanol–water partition coefficient (Wildman–Crippen LogP) is 4.12. The lowest BCUT2D eigenvalue weighted by molar-refractivity contribution is 0.324. The van der Waals surface area contributed by atoms with Crippen molar-refractivity contribution in [1.82, 2.24) is 29.3 Å².